The number of rotatable bonds is 5. The molecule has 1 aliphatic carbocycles. The van der Waals surface area contributed by atoms with Crippen LogP contribution in [0, 0.1) is 0 Å². The Bertz CT molecular complexity index is 1270. The van der Waals surface area contributed by atoms with E-state index in [-0.39, 0.29) is 12.1 Å². The second-order valence-corrected chi connectivity index (χ2v) is 8.74. The summed E-state index contributed by atoms with van der Waals surface area (Å²) in [7, 11) is 0. The Morgan fingerprint density at radius 1 is 0.771 bits per heavy atom. The predicted octanol–water partition coefficient (Wildman–Crippen LogP) is 5.23. The third kappa shape index (κ3) is 4.57. The molecule has 3 amide bonds. The lowest BCUT2D eigenvalue weighted by atomic mass is 9.98. The van der Waals surface area contributed by atoms with Crippen molar-refractivity contribution in [1.29, 1.82) is 0 Å². The lowest BCUT2D eigenvalue weighted by molar-refractivity contribution is 0.0211. The number of nitrogens with one attached hydrogen (secondary N) is 1. The molecule has 0 bridgehead atoms. The Kier molecular flexibility index (Phi) is 6.14. The fraction of sp³-hybridized carbons (Fsp3) is 0.214. The van der Waals surface area contributed by atoms with Gasteiger partial charge in [-0.25, -0.2) is 9.69 Å². The van der Waals surface area contributed by atoms with E-state index in [1.807, 2.05) is 0 Å². The van der Waals surface area contributed by atoms with Crippen LogP contribution in [0.3, 0.4) is 0 Å². The van der Waals surface area contributed by atoms with Gasteiger partial charge in [0, 0.05) is 11.3 Å². The summed E-state index contributed by atoms with van der Waals surface area (Å²) in [4.78, 5) is 51.8. The molecule has 0 spiro atoms. The largest absolute Gasteiger partial charge is 0.459 e. The fourth-order valence-corrected chi connectivity index (χ4v) is 4.51. The molecule has 35 heavy (non-hydrogen) atoms. The van der Waals surface area contributed by atoms with Gasteiger partial charge in [0.1, 0.15) is 6.10 Å². The molecule has 7 nitrogen and oxygen atoms in total. The van der Waals surface area contributed by atoms with Gasteiger partial charge in [-0.05, 0) is 80.3 Å². The predicted molar refractivity (Wildman–Crippen MR) is 131 cm³/mol. The first-order chi connectivity index (χ1) is 17.0. The molecule has 3 aromatic carbocycles. The van der Waals surface area contributed by atoms with Crippen molar-refractivity contribution >= 4 is 35.1 Å². The van der Waals surface area contributed by atoms with E-state index in [4.69, 9.17) is 4.74 Å². The molecule has 7 heteroatoms. The summed E-state index contributed by atoms with van der Waals surface area (Å²) in [5.74, 6) is -1.60. The van der Waals surface area contributed by atoms with Crippen molar-refractivity contribution in [3.05, 3.63) is 95.1 Å². The molecule has 0 radical (unpaired) electrons. The first kappa shape index (κ1) is 22.5. The van der Waals surface area contributed by atoms with Gasteiger partial charge in [-0.2, -0.15) is 0 Å². The van der Waals surface area contributed by atoms with Crippen LogP contribution < -0.4 is 10.2 Å². The highest BCUT2D eigenvalue weighted by molar-refractivity contribution is 6.34. The Balaban J connectivity index is 1.26. The van der Waals surface area contributed by atoms with Crippen LogP contribution in [0.1, 0.15) is 73.5 Å². The molecule has 1 N–H and O–H groups in total. The number of hydrogen-bond donors (Lipinski definition) is 1. The van der Waals surface area contributed by atoms with Gasteiger partial charge in [0.05, 0.1) is 22.4 Å². The molecule has 0 saturated heterocycles. The number of hydrogen-bond acceptors (Lipinski definition) is 5. The number of amides is 3. The molecule has 0 atom stereocenters. The molecule has 1 aliphatic heterocycles. The van der Waals surface area contributed by atoms with Crippen LogP contribution in [0.5, 0.6) is 0 Å². The fourth-order valence-electron chi connectivity index (χ4n) is 4.51. The van der Waals surface area contributed by atoms with Gasteiger partial charge in [-0.15, -0.1) is 0 Å². The van der Waals surface area contributed by atoms with Crippen molar-refractivity contribution in [1.82, 2.24) is 0 Å². The second-order valence-electron chi connectivity index (χ2n) is 8.74. The van der Waals surface area contributed by atoms with Gasteiger partial charge in [-0.1, -0.05) is 24.6 Å². The molecule has 0 unspecified atom stereocenters. The van der Waals surface area contributed by atoms with E-state index in [0.717, 1.165) is 30.6 Å². The maximum Gasteiger partial charge on any atom is 0.338 e. The Labute approximate surface area is 202 Å². The minimum atomic E-state index is -0.418. The molecule has 176 valence electrons. The van der Waals surface area contributed by atoms with E-state index >= 15 is 0 Å². The summed E-state index contributed by atoms with van der Waals surface area (Å²) in [5, 5.41) is 2.78. The number of esters is 1. The van der Waals surface area contributed by atoms with E-state index < -0.39 is 17.7 Å². The standard InChI is InChI=1S/C28H24N2O5/c31-25(29-20-15-13-18(14-16-20)28(34)35-22-9-2-1-3-10-22)19-7-6-8-21(17-19)30-26(32)23-11-4-5-12-24(23)27(30)33/h4-8,11-17,22H,1-3,9-10H2,(H,29,31). The molecule has 0 aromatic heterocycles. The van der Waals surface area contributed by atoms with E-state index in [1.54, 1.807) is 66.7 Å². The number of ether oxygens (including phenoxy) is 1. The average molecular weight is 469 g/mol. The number of anilines is 2. The van der Waals surface area contributed by atoms with Gasteiger partial charge in [0.15, 0.2) is 0 Å². The summed E-state index contributed by atoms with van der Waals surface area (Å²) in [6.45, 7) is 0. The molecule has 1 fully saturated rings. The summed E-state index contributed by atoms with van der Waals surface area (Å²) >= 11 is 0. The molecule has 5 rings (SSSR count). The van der Waals surface area contributed by atoms with Crippen LogP contribution in [0.2, 0.25) is 0 Å². The summed E-state index contributed by atoms with van der Waals surface area (Å²) in [6, 6.07) is 19.5. The third-order valence-electron chi connectivity index (χ3n) is 6.36. The van der Waals surface area contributed by atoms with Crippen LogP contribution in [-0.4, -0.2) is 29.8 Å². The van der Waals surface area contributed by atoms with Crippen molar-refractivity contribution in [2.45, 2.75) is 38.2 Å². The Hall–Kier alpha value is -4.26. The zero-order valence-electron chi connectivity index (χ0n) is 19.0. The number of carbonyl (C=O) groups is 4. The monoisotopic (exact) mass is 468 g/mol. The van der Waals surface area contributed by atoms with Crippen LogP contribution in [0.25, 0.3) is 0 Å². The quantitative estimate of drug-likeness (QED) is 0.409. The smallest absolute Gasteiger partial charge is 0.338 e. The van der Waals surface area contributed by atoms with Crippen LogP contribution in [0.15, 0.2) is 72.8 Å². The molecule has 3 aromatic rings. The summed E-state index contributed by atoms with van der Waals surface area (Å²) in [6.07, 6.45) is 5.13. The number of fused-ring (bicyclic) bond motifs is 1. The average Bonchev–Trinajstić information content (AvgIpc) is 3.15. The van der Waals surface area contributed by atoms with E-state index in [9.17, 15) is 19.2 Å². The number of carbonyl (C=O) groups excluding carboxylic acids is 4. The van der Waals surface area contributed by atoms with E-state index in [2.05, 4.69) is 5.32 Å². The lowest BCUT2D eigenvalue weighted by Gasteiger charge is -2.21. The normalized spacial score (nSPS) is 15.6. The number of imide groups is 1. The van der Waals surface area contributed by atoms with Gasteiger partial charge >= 0.3 is 5.97 Å². The van der Waals surface area contributed by atoms with Crippen LogP contribution in [0.4, 0.5) is 11.4 Å². The van der Waals surface area contributed by atoms with E-state index in [1.165, 1.54) is 12.5 Å². The lowest BCUT2D eigenvalue weighted by Crippen LogP contribution is -2.29. The highest BCUT2D eigenvalue weighted by Crippen LogP contribution is 2.29. The van der Waals surface area contributed by atoms with Gasteiger partial charge in [0.2, 0.25) is 0 Å². The highest BCUT2D eigenvalue weighted by atomic mass is 16.5. The van der Waals surface area contributed by atoms with Crippen molar-refractivity contribution in [3.8, 4) is 0 Å². The zero-order chi connectivity index (χ0) is 24.4. The number of nitrogens with zero attached hydrogens (tertiary/aromatic N) is 1. The first-order valence-electron chi connectivity index (χ1n) is 11.7. The minimum Gasteiger partial charge on any atom is -0.459 e. The zero-order valence-corrected chi connectivity index (χ0v) is 19.0. The topological polar surface area (TPSA) is 92.8 Å². The molecular formula is C28H24N2O5. The molecule has 1 saturated carbocycles. The highest BCUT2D eigenvalue weighted by Gasteiger charge is 2.36. The SMILES string of the molecule is O=C(Nc1ccc(C(=O)OC2CCCCC2)cc1)c1cccc(N2C(=O)c3ccccc3C2=O)c1. The van der Waals surface area contributed by atoms with Crippen LogP contribution >= 0.6 is 0 Å². The van der Waals surface area contributed by atoms with Crippen molar-refractivity contribution < 1.29 is 23.9 Å². The molecule has 1 heterocycles. The Morgan fingerprint density at radius 2 is 1.43 bits per heavy atom. The van der Waals surface area contributed by atoms with Gasteiger partial charge in [-0.3, -0.25) is 14.4 Å². The maximum atomic E-state index is 12.9. The maximum absolute atomic E-state index is 12.9. The van der Waals surface area contributed by atoms with Crippen molar-refractivity contribution in [3.63, 3.8) is 0 Å². The first-order valence-corrected chi connectivity index (χ1v) is 11.7. The van der Waals surface area contributed by atoms with Gasteiger partial charge < -0.3 is 10.1 Å². The second kappa shape index (κ2) is 9.54. The Morgan fingerprint density at radius 3 is 2.09 bits per heavy atom. The third-order valence-corrected chi connectivity index (χ3v) is 6.36. The summed E-state index contributed by atoms with van der Waals surface area (Å²) in [5.41, 5.74) is 2.24. The molecular weight excluding hydrogens is 444 g/mol. The van der Waals surface area contributed by atoms with Crippen molar-refractivity contribution in [2.75, 3.05) is 10.2 Å². The minimum absolute atomic E-state index is 0.0231. The van der Waals surface area contributed by atoms with E-state index in [0.29, 0.717) is 33.6 Å². The number of benzene rings is 3. The van der Waals surface area contributed by atoms with Crippen LogP contribution in [-0.2, 0) is 4.74 Å². The summed E-state index contributed by atoms with van der Waals surface area (Å²) < 4.78 is 5.58. The molecule has 2 aliphatic rings. The van der Waals surface area contributed by atoms with Crippen molar-refractivity contribution in [2.24, 2.45) is 0 Å². The van der Waals surface area contributed by atoms with Gasteiger partial charge in [0.25, 0.3) is 17.7 Å².